The summed E-state index contributed by atoms with van der Waals surface area (Å²) in [5, 5.41) is 0. The van der Waals surface area contributed by atoms with Gasteiger partial charge in [-0.15, -0.1) is 11.6 Å². The number of ether oxygens (including phenoxy) is 1. The highest BCUT2D eigenvalue weighted by atomic mass is 79.9. The molecule has 18 heavy (non-hydrogen) atoms. The highest BCUT2D eigenvalue weighted by Gasteiger charge is 2.21. The van der Waals surface area contributed by atoms with Crippen LogP contribution in [0.25, 0.3) is 0 Å². The lowest BCUT2D eigenvalue weighted by Gasteiger charge is -2.28. The van der Waals surface area contributed by atoms with E-state index < -0.39 is 0 Å². The van der Waals surface area contributed by atoms with Crippen LogP contribution in [-0.2, 0) is 5.88 Å². The first-order valence-corrected chi connectivity index (χ1v) is 8.06. The Labute approximate surface area is 123 Å². The van der Waals surface area contributed by atoms with Gasteiger partial charge in [-0.2, -0.15) is 0 Å². The molecule has 1 fully saturated rings. The second kappa shape index (κ2) is 6.81. The minimum absolute atomic E-state index is 0.386. The summed E-state index contributed by atoms with van der Waals surface area (Å²) >= 11 is 9.39. The molecule has 0 aliphatic heterocycles. The Morgan fingerprint density at radius 3 is 2.61 bits per heavy atom. The van der Waals surface area contributed by atoms with E-state index in [1.165, 1.54) is 32.1 Å². The van der Waals surface area contributed by atoms with Crippen molar-refractivity contribution in [2.75, 3.05) is 0 Å². The molecule has 0 spiro atoms. The molecule has 1 aromatic carbocycles. The molecular formula is C15H20BrClO. The second-order valence-corrected chi connectivity index (χ2v) is 6.18. The van der Waals surface area contributed by atoms with Crippen molar-refractivity contribution in [1.82, 2.24) is 0 Å². The smallest absolute Gasteiger partial charge is 0.120 e. The van der Waals surface area contributed by atoms with Crippen molar-refractivity contribution in [3.8, 4) is 5.75 Å². The van der Waals surface area contributed by atoms with Gasteiger partial charge in [0, 0.05) is 10.4 Å². The van der Waals surface area contributed by atoms with Crippen molar-refractivity contribution in [2.24, 2.45) is 5.92 Å². The van der Waals surface area contributed by atoms with E-state index in [0.29, 0.717) is 12.0 Å². The van der Waals surface area contributed by atoms with Crippen LogP contribution in [-0.4, -0.2) is 6.10 Å². The highest BCUT2D eigenvalue weighted by Crippen LogP contribution is 2.31. The number of alkyl halides is 1. The summed E-state index contributed by atoms with van der Waals surface area (Å²) in [7, 11) is 0. The molecule has 1 nitrogen and oxygen atoms in total. The van der Waals surface area contributed by atoms with Crippen LogP contribution in [0.2, 0.25) is 0 Å². The lowest BCUT2D eigenvalue weighted by atomic mass is 9.86. The molecule has 3 heteroatoms. The van der Waals surface area contributed by atoms with Crippen LogP contribution >= 0.6 is 27.5 Å². The zero-order valence-corrected chi connectivity index (χ0v) is 13.1. The molecule has 0 bridgehead atoms. The number of benzene rings is 1. The molecule has 0 heterocycles. The summed E-state index contributed by atoms with van der Waals surface area (Å²) in [6, 6.07) is 6.08. The number of hydrogen-bond acceptors (Lipinski definition) is 1. The first-order chi connectivity index (χ1) is 8.72. The van der Waals surface area contributed by atoms with Crippen LogP contribution in [0.3, 0.4) is 0 Å². The van der Waals surface area contributed by atoms with Gasteiger partial charge in [0.2, 0.25) is 0 Å². The molecule has 0 amide bonds. The van der Waals surface area contributed by atoms with Gasteiger partial charge in [0.05, 0.1) is 6.10 Å². The van der Waals surface area contributed by atoms with E-state index in [-0.39, 0.29) is 0 Å². The average Bonchev–Trinajstić information content (AvgIpc) is 2.42. The van der Waals surface area contributed by atoms with Gasteiger partial charge in [0.1, 0.15) is 5.75 Å². The van der Waals surface area contributed by atoms with Gasteiger partial charge in [-0.25, -0.2) is 0 Å². The molecular weight excluding hydrogens is 312 g/mol. The normalized spacial score (nSPS) is 23.9. The van der Waals surface area contributed by atoms with Crippen molar-refractivity contribution in [3.05, 3.63) is 28.2 Å². The first kappa shape index (κ1) is 14.2. The highest BCUT2D eigenvalue weighted by molar-refractivity contribution is 9.10. The molecule has 0 N–H and O–H groups in total. The fourth-order valence-electron chi connectivity index (χ4n) is 2.58. The molecule has 1 aromatic rings. The van der Waals surface area contributed by atoms with Gasteiger partial charge >= 0.3 is 0 Å². The Bertz CT molecular complexity index is 386. The molecule has 0 atom stereocenters. The third-order valence-electron chi connectivity index (χ3n) is 3.84. The van der Waals surface area contributed by atoms with E-state index in [4.69, 9.17) is 16.3 Å². The van der Waals surface area contributed by atoms with E-state index in [1.54, 1.807) is 0 Å². The van der Waals surface area contributed by atoms with Crippen molar-refractivity contribution < 1.29 is 4.74 Å². The summed E-state index contributed by atoms with van der Waals surface area (Å²) in [6.45, 7) is 2.29. The summed E-state index contributed by atoms with van der Waals surface area (Å²) in [5.41, 5.74) is 1.09. The quantitative estimate of drug-likeness (QED) is 0.659. The van der Waals surface area contributed by atoms with E-state index in [0.717, 1.165) is 21.7 Å². The van der Waals surface area contributed by atoms with Gasteiger partial charge in [-0.1, -0.05) is 29.3 Å². The average molecular weight is 332 g/mol. The second-order valence-electron chi connectivity index (χ2n) is 5.06. The zero-order valence-electron chi connectivity index (χ0n) is 10.8. The number of hydrogen-bond donors (Lipinski definition) is 0. The Kier molecular flexibility index (Phi) is 5.38. The summed E-state index contributed by atoms with van der Waals surface area (Å²) < 4.78 is 7.12. The van der Waals surface area contributed by atoms with Crippen molar-refractivity contribution in [3.63, 3.8) is 0 Å². The predicted molar refractivity (Wildman–Crippen MR) is 80.4 cm³/mol. The van der Waals surface area contributed by atoms with Crippen LogP contribution in [0.5, 0.6) is 5.75 Å². The predicted octanol–water partition coefficient (Wildman–Crippen LogP) is 5.54. The molecule has 0 aromatic heterocycles. The van der Waals surface area contributed by atoms with E-state index in [2.05, 4.69) is 22.9 Å². The van der Waals surface area contributed by atoms with Crippen LogP contribution in [0.15, 0.2) is 22.7 Å². The Morgan fingerprint density at radius 2 is 2.00 bits per heavy atom. The monoisotopic (exact) mass is 330 g/mol. The van der Waals surface area contributed by atoms with E-state index >= 15 is 0 Å². The third kappa shape index (κ3) is 3.64. The Hall–Kier alpha value is -0.210. The molecule has 0 unspecified atom stereocenters. The topological polar surface area (TPSA) is 9.23 Å². The SMILES string of the molecule is CCC1CCC(Oc2ccc(Br)c(CCl)c2)CC1. The van der Waals surface area contributed by atoms with Crippen LogP contribution < -0.4 is 4.74 Å². The van der Waals surface area contributed by atoms with Gasteiger partial charge < -0.3 is 4.74 Å². The largest absolute Gasteiger partial charge is 0.490 e. The third-order valence-corrected chi connectivity index (χ3v) is 4.90. The van der Waals surface area contributed by atoms with Gasteiger partial charge in [-0.3, -0.25) is 0 Å². The van der Waals surface area contributed by atoms with Gasteiger partial charge in [0.25, 0.3) is 0 Å². The van der Waals surface area contributed by atoms with Crippen LogP contribution in [0.4, 0.5) is 0 Å². The molecule has 100 valence electrons. The molecule has 1 saturated carbocycles. The fourth-order valence-corrected chi connectivity index (χ4v) is 3.35. The minimum atomic E-state index is 0.386. The molecule has 0 saturated heterocycles. The number of halogens is 2. The fraction of sp³-hybridized carbons (Fsp3) is 0.600. The standard InChI is InChI=1S/C15H20BrClO/c1-2-11-3-5-13(6-4-11)18-14-7-8-15(16)12(9-14)10-17/h7-9,11,13H,2-6,10H2,1H3. The zero-order chi connectivity index (χ0) is 13.0. The molecule has 1 aliphatic rings. The summed E-state index contributed by atoms with van der Waals surface area (Å²) in [5.74, 6) is 2.38. The van der Waals surface area contributed by atoms with Crippen molar-refractivity contribution >= 4 is 27.5 Å². The summed E-state index contributed by atoms with van der Waals surface area (Å²) in [6.07, 6.45) is 6.68. The van der Waals surface area contributed by atoms with E-state index in [9.17, 15) is 0 Å². The maximum atomic E-state index is 6.07. The molecule has 2 rings (SSSR count). The maximum Gasteiger partial charge on any atom is 0.120 e. The van der Waals surface area contributed by atoms with Crippen molar-refractivity contribution in [1.29, 1.82) is 0 Å². The Morgan fingerprint density at radius 1 is 1.28 bits per heavy atom. The first-order valence-electron chi connectivity index (χ1n) is 6.74. The van der Waals surface area contributed by atoms with Gasteiger partial charge in [0.15, 0.2) is 0 Å². The molecule has 0 radical (unpaired) electrons. The maximum absolute atomic E-state index is 6.07. The van der Waals surface area contributed by atoms with E-state index in [1.807, 2.05) is 18.2 Å². The van der Waals surface area contributed by atoms with Crippen LogP contribution in [0, 0.1) is 5.92 Å². The lowest BCUT2D eigenvalue weighted by molar-refractivity contribution is 0.130. The molecule has 1 aliphatic carbocycles. The Balaban J connectivity index is 1.94. The minimum Gasteiger partial charge on any atom is -0.490 e. The van der Waals surface area contributed by atoms with Gasteiger partial charge in [-0.05, 0) is 55.4 Å². The van der Waals surface area contributed by atoms with Crippen molar-refractivity contribution in [2.45, 2.75) is 51.0 Å². The summed E-state index contributed by atoms with van der Waals surface area (Å²) in [4.78, 5) is 0. The lowest BCUT2D eigenvalue weighted by Crippen LogP contribution is -2.23. The van der Waals surface area contributed by atoms with Crippen LogP contribution in [0.1, 0.15) is 44.6 Å². The number of rotatable bonds is 4.